The summed E-state index contributed by atoms with van der Waals surface area (Å²) in [5.74, 6) is -1.59. The average Bonchev–Trinajstić information content (AvgIpc) is 2.41. The molecule has 2 aromatic carbocycles. The van der Waals surface area contributed by atoms with E-state index >= 15 is 0 Å². The fraction of sp³-hybridized carbons (Fsp3) is 0.0667. The van der Waals surface area contributed by atoms with Crippen LogP contribution in [0.25, 0.3) is 0 Å². The van der Waals surface area contributed by atoms with Gasteiger partial charge in [-0.05, 0) is 42.8 Å². The number of halogens is 1. The van der Waals surface area contributed by atoms with Gasteiger partial charge in [0.25, 0.3) is 5.91 Å². The Morgan fingerprint density at radius 2 is 1.86 bits per heavy atom. The summed E-state index contributed by atoms with van der Waals surface area (Å²) in [6.07, 6.45) is 0. The van der Waals surface area contributed by atoms with Gasteiger partial charge in [-0.15, -0.1) is 0 Å². The van der Waals surface area contributed by atoms with Crippen LogP contribution < -0.4 is 11.1 Å². The number of carbonyl (C=O) groups is 2. The number of nitrogen functional groups attached to an aromatic ring is 1. The molecule has 0 aliphatic heterocycles. The van der Waals surface area contributed by atoms with Gasteiger partial charge in [0.1, 0.15) is 0 Å². The minimum atomic E-state index is -1.15. The molecule has 5 nitrogen and oxygen atoms in total. The van der Waals surface area contributed by atoms with Crippen LogP contribution in [0.2, 0.25) is 5.02 Å². The largest absolute Gasteiger partial charge is 0.478 e. The second-order valence-electron chi connectivity index (χ2n) is 4.52. The van der Waals surface area contributed by atoms with Crippen LogP contribution in [0.1, 0.15) is 26.3 Å². The molecule has 0 aliphatic rings. The zero-order valence-corrected chi connectivity index (χ0v) is 11.9. The molecule has 21 heavy (non-hydrogen) atoms. The summed E-state index contributed by atoms with van der Waals surface area (Å²) in [6.45, 7) is 1.77. The Kier molecular flexibility index (Phi) is 4.14. The molecule has 2 aromatic rings. The van der Waals surface area contributed by atoms with Crippen LogP contribution >= 0.6 is 11.6 Å². The maximum Gasteiger partial charge on any atom is 0.337 e. The first-order valence-electron chi connectivity index (χ1n) is 6.09. The molecule has 108 valence electrons. The Hall–Kier alpha value is -2.53. The lowest BCUT2D eigenvalue weighted by Crippen LogP contribution is -2.16. The number of aryl methyl sites for hydroxylation is 1. The summed E-state index contributed by atoms with van der Waals surface area (Å²) in [7, 11) is 0. The SMILES string of the molecule is Cc1ccc(Cl)cc1C(=O)Nc1cc(N)ccc1C(=O)O. The summed E-state index contributed by atoms with van der Waals surface area (Å²) < 4.78 is 0. The predicted octanol–water partition coefficient (Wildman–Crippen LogP) is 3.18. The number of benzene rings is 2. The van der Waals surface area contributed by atoms with Gasteiger partial charge in [0.15, 0.2) is 0 Å². The van der Waals surface area contributed by atoms with Crippen LogP contribution in [0.5, 0.6) is 0 Å². The van der Waals surface area contributed by atoms with Gasteiger partial charge in [-0.25, -0.2) is 4.79 Å². The first-order valence-corrected chi connectivity index (χ1v) is 6.46. The molecular formula is C15H13ClN2O3. The molecule has 0 bridgehead atoms. The van der Waals surface area contributed by atoms with E-state index in [2.05, 4.69) is 5.32 Å². The zero-order chi connectivity index (χ0) is 15.6. The standard InChI is InChI=1S/C15H13ClN2O3/c1-8-2-3-9(16)6-12(8)14(19)18-13-7-10(17)4-5-11(13)15(20)21/h2-7H,17H2,1H3,(H,18,19)(H,20,21). The van der Waals surface area contributed by atoms with E-state index in [1.54, 1.807) is 19.1 Å². The van der Waals surface area contributed by atoms with Gasteiger partial charge in [0, 0.05) is 16.3 Å². The van der Waals surface area contributed by atoms with E-state index in [9.17, 15) is 9.59 Å². The minimum Gasteiger partial charge on any atom is -0.478 e. The highest BCUT2D eigenvalue weighted by molar-refractivity contribution is 6.31. The quantitative estimate of drug-likeness (QED) is 0.759. The summed E-state index contributed by atoms with van der Waals surface area (Å²) in [6, 6.07) is 9.13. The van der Waals surface area contributed by atoms with Crippen LogP contribution in [0.15, 0.2) is 36.4 Å². The molecule has 0 saturated heterocycles. The molecule has 0 fully saturated rings. The molecule has 0 atom stereocenters. The van der Waals surface area contributed by atoms with E-state index < -0.39 is 11.9 Å². The Labute approximate surface area is 126 Å². The van der Waals surface area contributed by atoms with E-state index in [4.69, 9.17) is 22.4 Å². The Morgan fingerprint density at radius 3 is 2.52 bits per heavy atom. The lowest BCUT2D eigenvalue weighted by molar-refractivity contribution is 0.0698. The number of aromatic carboxylic acids is 1. The normalized spacial score (nSPS) is 10.2. The molecule has 6 heteroatoms. The number of nitrogens with one attached hydrogen (secondary N) is 1. The molecule has 2 rings (SSSR count). The van der Waals surface area contributed by atoms with E-state index in [1.165, 1.54) is 24.3 Å². The summed E-state index contributed by atoms with van der Waals surface area (Å²) in [4.78, 5) is 23.4. The first kappa shape index (κ1) is 14.9. The van der Waals surface area contributed by atoms with Gasteiger partial charge in [-0.1, -0.05) is 17.7 Å². The van der Waals surface area contributed by atoms with Gasteiger partial charge < -0.3 is 16.2 Å². The van der Waals surface area contributed by atoms with Crippen LogP contribution in [-0.4, -0.2) is 17.0 Å². The fourth-order valence-corrected chi connectivity index (χ4v) is 2.05. The number of rotatable bonds is 3. The topological polar surface area (TPSA) is 92.4 Å². The Balaban J connectivity index is 2.38. The third-order valence-electron chi connectivity index (χ3n) is 2.97. The van der Waals surface area contributed by atoms with E-state index in [0.717, 1.165) is 5.56 Å². The lowest BCUT2D eigenvalue weighted by atomic mass is 10.1. The number of amides is 1. The molecule has 0 aromatic heterocycles. The minimum absolute atomic E-state index is 0.0303. The van der Waals surface area contributed by atoms with Gasteiger partial charge in [-0.2, -0.15) is 0 Å². The number of anilines is 2. The molecule has 1 amide bonds. The highest BCUT2D eigenvalue weighted by Crippen LogP contribution is 2.22. The summed E-state index contributed by atoms with van der Waals surface area (Å²) >= 11 is 5.88. The second kappa shape index (κ2) is 5.85. The van der Waals surface area contributed by atoms with Crippen LogP contribution in [-0.2, 0) is 0 Å². The van der Waals surface area contributed by atoms with Crippen LogP contribution in [0, 0.1) is 6.92 Å². The van der Waals surface area contributed by atoms with Crippen LogP contribution in [0.3, 0.4) is 0 Å². The number of carbonyl (C=O) groups excluding carboxylic acids is 1. The number of hydrogen-bond donors (Lipinski definition) is 3. The van der Waals surface area contributed by atoms with Crippen LogP contribution in [0.4, 0.5) is 11.4 Å². The van der Waals surface area contributed by atoms with Crippen molar-refractivity contribution in [3.8, 4) is 0 Å². The monoisotopic (exact) mass is 304 g/mol. The molecule has 0 spiro atoms. The van der Waals surface area contributed by atoms with Crippen molar-refractivity contribution in [2.75, 3.05) is 11.1 Å². The lowest BCUT2D eigenvalue weighted by Gasteiger charge is -2.11. The van der Waals surface area contributed by atoms with Gasteiger partial charge in [-0.3, -0.25) is 4.79 Å². The van der Waals surface area contributed by atoms with Crippen molar-refractivity contribution in [3.63, 3.8) is 0 Å². The van der Waals surface area contributed by atoms with Gasteiger partial charge in [0.05, 0.1) is 11.3 Å². The molecule has 0 heterocycles. The maximum absolute atomic E-state index is 12.3. The molecule has 0 saturated carbocycles. The smallest absolute Gasteiger partial charge is 0.337 e. The molecule has 0 aliphatic carbocycles. The van der Waals surface area contributed by atoms with E-state index in [1.807, 2.05) is 0 Å². The number of hydrogen-bond acceptors (Lipinski definition) is 3. The highest BCUT2D eigenvalue weighted by Gasteiger charge is 2.15. The molecular weight excluding hydrogens is 292 g/mol. The molecule has 0 unspecified atom stereocenters. The summed E-state index contributed by atoms with van der Waals surface area (Å²) in [5.41, 5.74) is 7.22. The van der Waals surface area contributed by atoms with Crippen molar-refractivity contribution in [1.29, 1.82) is 0 Å². The van der Waals surface area contributed by atoms with Crippen molar-refractivity contribution in [2.24, 2.45) is 0 Å². The second-order valence-corrected chi connectivity index (χ2v) is 4.96. The Bertz CT molecular complexity index is 729. The van der Waals surface area contributed by atoms with Crippen molar-refractivity contribution >= 4 is 34.9 Å². The van der Waals surface area contributed by atoms with Crippen molar-refractivity contribution in [2.45, 2.75) is 6.92 Å². The van der Waals surface area contributed by atoms with Crippen molar-refractivity contribution in [3.05, 3.63) is 58.1 Å². The highest BCUT2D eigenvalue weighted by atomic mass is 35.5. The van der Waals surface area contributed by atoms with E-state index in [-0.39, 0.29) is 11.3 Å². The number of carboxylic acids is 1. The van der Waals surface area contributed by atoms with Gasteiger partial charge in [0.2, 0.25) is 0 Å². The maximum atomic E-state index is 12.3. The third kappa shape index (κ3) is 3.32. The van der Waals surface area contributed by atoms with Crippen molar-refractivity contribution < 1.29 is 14.7 Å². The van der Waals surface area contributed by atoms with Crippen molar-refractivity contribution in [1.82, 2.24) is 0 Å². The zero-order valence-electron chi connectivity index (χ0n) is 11.2. The first-order chi connectivity index (χ1) is 9.88. The number of carboxylic acid groups (broad SMARTS) is 1. The Morgan fingerprint density at radius 1 is 1.14 bits per heavy atom. The predicted molar refractivity (Wildman–Crippen MR) is 82.0 cm³/mol. The molecule has 0 radical (unpaired) electrons. The fourth-order valence-electron chi connectivity index (χ4n) is 1.88. The third-order valence-corrected chi connectivity index (χ3v) is 3.20. The number of nitrogens with two attached hydrogens (primary N) is 1. The molecule has 4 N–H and O–H groups in total. The van der Waals surface area contributed by atoms with E-state index in [0.29, 0.717) is 16.3 Å². The summed E-state index contributed by atoms with van der Waals surface area (Å²) in [5, 5.41) is 12.1. The average molecular weight is 305 g/mol. The van der Waals surface area contributed by atoms with Gasteiger partial charge >= 0.3 is 5.97 Å².